The molecule has 2 N–H and O–H groups in total. The van der Waals surface area contributed by atoms with Gasteiger partial charge >= 0.3 is 5.97 Å². The van der Waals surface area contributed by atoms with E-state index < -0.39 is 5.97 Å². The summed E-state index contributed by atoms with van der Waals surface area (Å²) in [6, 6.07) is 1.59. The molecular weight excluding hydrogens is 290 g/mol. The van der Waals surface area contributed by atoms with Crippen molar-refractivity contribution in [2.45, 2.75) is 13.3 Å². The van der Waals surface area contributed by atoms with Gasteiger partial charge in [0.1, 0.15) is 5.00 Å². The van der Waals surface area contributed by atoms with E-state index in [0.717, 1.165) is 16.9 Å². The number of carboxylic acids is 1. The van der Waals surface area contributed by atoms with E-state index >= 15 is 0 Å². The number of aromatic carboxylic acids is 1. The molecule has 6 nitrogen and oxygen atoms in total. The first-order valence-corrected chi connectivity index (χ1v) is 7.15. The lowest BCUT2D eigenvalue weighted by molar-refractivity contribution is -0.111. The van der Waals surface area contributed by atoms with E-state index in [1.807, 2.05) is 6.92 Å². The number of carboxylic acid groups (broad SMARTS) is 1. The number of rotatable bonds is 5. The molecule has 0 saturated carbocycles. The minimum atomic E-state index is -1.04. The molecule has 2 aromatic heterocycles. The van der Waals surface area contributed by atoms with Gasteiger partial charge in [0.05, 0.1) is 11.8 Å². The van der Waals surface area contributed by atoms with Gasteiger partial charge in [0, 0.05) is 29.8 Å². The van der Waals surface area contributed by atoms with Crippen LogP contribution in [0.3, 0.4) is 0 Å². The Labute approximate surface area is 125 Å². The molecule has 0 aliphatic heterocycles. The minimum absolute atomic E-state index is 0.125. The number of carbonyl (C=O) groups excluding carboxylic acids is 1. The van der Waals surface area contributed by atoms with Crippen molar-refractivity contribution < 1.29 is 14.7 Å². The Hall–Kier alpha value is -2.41. The van der Waals surface area contributed by atoms with E-state index in [-0.39, 0.29) is 11.5 Å². The number of hydrogen-bond donors (Lipinski definition) is 2. The number of anilines is 1. The summed E-state index contributed by atoms with van der Waals surface area (Å²) in [5.41, 5.74) is 0.923. The SMILES string of the molecule is CCc1cc(C(=O)O)c(NC(=O)C=Cc2cnn(C)c2)s1. The molecule has 0 unspecified atom stereocenters. The first kappa shape index (κ1) is 15.0. The molecular formula is C14H15N3O3S. The van der Waals surface area contributed by atoms with Crippen molar-refractivity contribution in [3.63, 3.8) is 0 Å². The molecule has 0 radical (unpaired) electrons. The van der Waals surface area contributed by atoms with Crippen LogP contribution in [0.15, 0.2) is 24.5 Å². The van der Waals surface area contributed by atoms with Crippen molar-refractivity contribution in [1.29, 1.82) is 0 Å². The zero-order valence-corrected chi connectivity index (χ0v) is 12.5. The largest absolute Gasteiger partial charge is 0.478 e. The minimum Gasteiger partial charge on any atom is -0.478 e. The molecule has 0 fully saturated rings. The Kier molecular flexibility index (Phi) is 4.54. The lowest BCUT2D eigenvalue weighted by Crippen LogP contribution is -2.09. The molecule has 0 bridgehead atoms. The average molecular weight is 305 g/mol. The summed E-state index contributed by atoms with van der Waals surface area (Å²) in [6.45, 7) is 1.94. The molecule has 110 valence electrons. The van der Waals surface area contributed by atoms with Crippen LogP contribution in [-0.2, 0) is 18.3 Å². The van der Waals surface area contributed by atoms with Crippen molar-refractivity contribution in [3.8, 4) is 0 Å². The molecule has 7 heteroatoms. The van der Waals surface area contributed by atoms with Crippen LogP contribution in [0.1, 0.15) is 27.7 Å². The van der Waals surface area contributed by atoms with Crippen molar-refractivity contribution in [3.05, 3.63) is 40.5 Å². The third-order valence-electron chi connectivity index (χ3n) is 2.75. The molecule has 0 aromatic carbocycles. The van der Waals surface area contributed by atoms with Gasteiger partial charge in [-0.05, 0) is 18.6 Å². The van der Waals surface area contributed by atoms with E-state index in [2.05, 4.69) is 10.4 Å². The highest BCUT2D eigenvalue weighted by Crippen LogP contribution is 2.28. The summed E-state index contributed by atoms with van der Waals surface area (Å²) >= 11 is 1.28. The number of hydrogen-bond acceptors (Lipinski definition) is 4. The van der Waals surface area contributed by atoms with Crippen molar-refractivity contribution in [2.75, 3.05) is 5.32 Å². The lowest BCUT2D eigenvalue weighted by Gasteiger charge is -1.99. The monoisotopic (exact) mass is 305 g/mol. The van der Waals surface area contributed by atoms with E-state index in [9.17, 15) is 9.59 Å². The highest BCUT2D eigenvalue weighted by Gasteiger charge is 2.15. The maximum absolute atomic E-state index is 11.9. The summed E-state index contributed by atoms with van der Waals surface area (Å²) in [5.74, 6) is -1.41. The van der Waals surface area contributed by atoms with E-state index in [4.69, 9.17) is 5.11 Å². The summed E-state index contributed by atoms with van der Waals surface area (Å²) in [7, 11) is 1.79. The molecule has 0 spiro atoms. The van der Waals surface area contributed by atoms with Crippen LogP contribution in [0, 0.1) is 0 Å². The van der Waals surface area contributed by atoms with Gasteiger partial charge in [-0.25, -0.2) is 4.79 Å². The number of thiophene rings is 1. The van der Waals surface area contributed by atoms with Crippen molar-refractivity contribution in [2.24, 2.45) is 7.05 Å². The Balaban J connectivity index is 2.10. The maximum Gasteiger partial charge on any atom is 0.338 e. The number of nitrogens with zero attached hydrogens (tertiary/aromatic N) is 2. The molecule has 2 rings (SSSR count). The van der Waals surface area contributed by atoms with Crippen molar-refractivity contribution in [1.82, 2.24) is 9.78 Å². The van der Waals surface area contributed by atoms with Gasteiger partial charge in [0.25, 0.3) is 0 Å². The molecule has 0 aliphatic rings. The van der Waals surface area contributed by atoms with E-state index in [0.29, 0.717) is 5.00 Å². The maximum atomic E-state index is 11.9. The fourth-order valence-electron chi connectivity index (χ4n) is 1.72. The number of aryl methyl sites for hydroxylation is 2. The standard InChI is InChI=1S/C14H15N3O3S/c1-3-10-6-11(14(19)20)13(21-10)16-12(18)5-4-9-7-15-17(2)8-9/h4-8H,3H2,1-2H3,(H,16,18)(H,19,20). The summed E-state index contributed by atoms with van der Waals surface area (Å²) in [5, 5.41) is 16.1. The first-order valence-electron chi connectivity index (χ1n) is 6.33. The van der Waals surface area contributed by atoms with Gasteiger partial charge in [-0.3, -0.25) is 9.48 Å². The molecule has 0 saturated heterocycles. The zero-order chi connectivity index (χ0) is 15.4. The number of amides is 1. The van der Waals surface area contributed by atoms with Crippen LogP contribution in [0.5, 0.6) is 0 Å². The first-order chi connectivity index (χ1) is 9.99. The second kappa shape index (κ2) is 6.36. The molecule has 0 atom stereocenters. The molecule has 1 amide bonds. The predicted molar refractivity (Wildman–Crippen MR) is 81.5 cm³/mol. The van der Waals surface area contributed by atoms with Gasteiger partial charge in [-0.1, -0.05) is 6.92 Å². The van der Waals surface area contributed by atoms with Crippen LogP contribution < -0.4 is 5.32 Å². The Morgan fingerprint density at radius 2 is 2.29 bits per heavy atom. The van der Waals surface area contributed by atoms with Gasteiger partial charge in [-0.2, -0.15) is 5.10 Å². The van der Waals surface area contributed by atoms with Gasteiger partial charge in [0.2, 0.25) is 5.91 Å². The lowest BCUT2D eigenvalue weighted by atomic mass is 10.2. The number of carbonyl (C=O) groups is 2. The van der Waals surface area contributed by atoms with Crippen LogP contribution in [-0.4, -0.2) is 26.8 Å². The zero-order valence-electron chi connectivity index (χ0n) is 11.7. The van der Waals surface area contributed by atoms with Crippen LogP contribution >= 0.6 is 11.3 Å². The Bertz CT molecular complexity index is 700. The third kappa shape index (κ3) is 3.79. The highest BCUT2D eigenvalue weighted by molar-refractivity contribution is 7.16. The summed E-state index contributed by atoms with van der Waals surface area (Å²) in [4.78, 5) is 23.9. The normalized spacial score (nSPS) is 11.0. The van der Waals surface area contributed by atoms with Crippen LogP contribution in [0.2, 0.25) is 0 Å². The smallest absolute Gasteiger partial charge is 0.338 e. The second-order valence-corrected chi connectivity index (χ2v) is 5.52. The number of aromatic nitrogens is 2. The Morgan fingerprint density at radius 3 is 2.86 bits per heavy atom. The topological polar surface area (TPSA) is 84.2 Å². The average Bonchev–Trinajstić information content (AvgIpc) is 3.02. The van der Waals surface area contributed by atoms with Gasteiger partial charge in [-0.15, -0.1) is 11.3 Å². The van der Waals surface area contributed by atoms with Gasteiger partial charge < -0.3 is 10.4 Å². The van der Waals surface area contributed by atoms with E-state index in [1.165, 1.54) is 17.4 Å². The molecule has 2 aromatic rings. The quantitative estimate of drug-likeness (QED) is 0.831. The van der Waals surface area contributed by atoms with Gasteiger partial charge in [0.15, 0.2) is 0 Å². The fraction of sp³-hybridized carbons (Fsp3) is 0.214. The number of nitrogens with one attached hydrogen (secondary N) is 1. The molecule has 0 aliphatic carbocycles. The van der Waals surface area contributed by atoms with Crippen LogP contribution in [0.25, 0.3) is 6.08 Å². The molecule has 2 heterocycles. The summed E-state index contributed by atoms with van der Waals surface area (Å²) < 4.78 is 1.63. The van der Waals surface area contributed by atoms with E-state index in [1.54, 1.807) is 36.3 Å². The highest BCUT2D eigenvalue weighted by atomic mass is 32.1. The Morgan fingerprint density at radius 1 is 1.52 bits per heavy atom. The van der Waals surface area contributed by atoms with Crippen molar-refractivity contribution >= 4 is 34.3 Å². The van der Waals surface area contributed by atoms with Crippen LogP contribution in [0.4, 0.5) is 5.00 Å². The molecule has 21 heavy (non-hydrogen) atoms. The third-order valence-corrected chi connectivity index (χ3v) is 3.95. The second-order valence-electron chi connectivity index (χ2n) is 4.38. The fourth-order valence-corrected chi connectivity index (χ4v) is 2.71. The predicted octanol–water partition coefficient (Wildman–Crippen LogP) is 2.39. The summed E-state index contributed by atoms with van der Waals surface area (Å²) in [6.07, 6.45) is 7.11.